The van der Waals surface area contributed by atoms with Gasteiger partial charge in [-0.05, 0) is 23.6 Å². The lowest BCUT2D eigenvalue weighted by Gasteiger charge is -2.33. The van der Waals surface area contributed by atoms with Crippen molar-refractivity contribution in [1.82, 2.24) is 9.78 Å². The molecule has 7 nitrogen and oxygen atoms in total. The number of anilines is 2. The summed E-state index contributed by atoms with van der Waals surface area (Å²) in [5.41, 5.74) is 3.50. The smallest absolute Gasteiger partial charge is 0.414 e. The highest BCUT2D eigenvalue weighted by molar-refractivity contribution is 6.33. The quantitative estimate of drug-likeness (QED) is 0.819. The van der Waals surface area contributed by atoms with Gasteiger partial charge in [0.05, 0.1) is 24.1 Å². The SMILES string of the molecule is Cn1ncc(N2CCc3c(cccc3N3CCOC3=O)C2)c(Cl)c1=O. The highest BCUT2D eigenvalue weighted by atomic mass is 35.5. The van der Waals surface area contributed by atoms with E-state index in [1.54, 1.807) is 18.1 Å². The van der Waals surface area contributed by atoms with Gasteiger partial charge in [-0.15, -0.1) is 0 Å². The largest absolute Gasteiger partial charge is 0.447 e. The van der Waals surface area contributed by atoms with Crippen LogP contribution in [0.25, 0.3) is 0 Å². The summed E-state index contributed by atoms with van der Waals surface area (Å²) in [7, 11) is 1.57. The average Bonchev–Trinajstić information content (AvgIpc) is 3.04. The highest BCUT2D eigenvalue weighted by Gasteiger charge is 2.29. The number of carbonyl (C=O) groups excluding carboxylic acids is 1. The molecular weight excluding hydrogens is 344 g/mol. The molecule has 0 bridgehead atoms. The number of ether oxygens (including phenoxy) is 1. The van der Waals surface area contributed by atoms with Crippen molar-refractivity contribution >= 4 is 29.1 Å². The number of rotatable bonds is 2. The molecular formula is C17H17ClN4O3. The Kier molecular flexibility index (Phi) is 3.88. The zero-order valence-corrected chi connectivity index (χ0v) is 14.5. The van der Waals surface area contributed by atoms with E-state index in [1.807, 2.05) is 23.1 Å². The minimum absolute atomic E-state index is 0.181. The van der Waals surface area contributed by atoms with Gasteiger partial charge in [0, 0.05) is 20.1 Å². The number of amides is 1. The summed E-state index contributed by atoms with van der Waals surface area (Å²) in [5, 5.41) is 4.25. The Morgan fingerprint density at radius 1 is 1.20 bits per heavy atom. The van der Waals surface area contributed by atoms with Crippen LogP contribution in [-0.4, -0.2) is 35.6 Å². The summed E-state index contributed by atoms with van der Waals surface area (Å²) in [6.07, 6.45) is 2.08. The van der Waals surface area contributed by atoms with Crippen molar-refractivity contribution in [3.05, 3.63) is 50.9 Å². The standard InChI is InChI=1S/C17H17ClN4O3/c1-20-16(23)15(18)14(9-19-20)21-6-5-12-11(10-21)3-2-4-13(12)22-7-8-25-17(22)24/h2-4,9H,5-8,10H2,1H3. The Bertz CT molecular complexity index is 911. The number of aromatic nitrogens is 2. The molecule has 4 rings (SSSR count). The lowest BCUT2D eigenvalue weighted by molar-refractivity contribution is 0.181. The van der Waals surface area contributed by atoms with Gasteiger partial charge < -0.3 is 9.64 Å². The number of halogens is 1. The molecule has 0 saturated carbocycles. The maximum Gasteiger partial charge on any atom is 0.414 e. The number of aryl methyl sites for hydroxylation is 1. The number of hydrogen-bond acceptors (Lipinski definition) is 5. The lowest BCUT2D eigenvalue weighted by atomic mass is 9.97. The van der Waals surface area contributed by atoms with Crippen molar-refractivity contribution in [2.75, 3.05) is 29.5 Å². The first-order valence-corrected chi connectivity index (χ1v) is 8.46. The molecule has 0 aliphatic carbocycles. The molecule has 1 aromatic heterocycles. The molecule has 8 heteroatoms. The van der Waals surface area contributed by atoms with Crippen molar-refractivity contribution in [1.29, 1.82) is 0 Å². The van der Waals surface area contributed by atoms with Crippen LogP contribution in [0.4, 0.5) is 16.2 Å². The molecule has 0 N–H and O–H groups in total. The molecule has 0 radical (unpaired) electrons. The molecule has 2 aliphatic heterocycles. The van der Waals surface area contributed by atoms with Crippen molar-refractivity contribution in [3.8, 4) is 0 Å². The first-order valence-electron chi connectivity index (χ1n) is 8.08. The number of carbonyl (C=O) groups is 1. The topological polar surface area (TPSA) is 67.7 Å². The third kappa shape index (κ3) is 2.64. The number of hydrogen-bond donors (Lipinski definition) is 0. The van der Waals surface area contributed by atoms with E-state index in [1.165, 1.54) is 4.68 Å². The number of cyclic esters (lactones) is 1. The molecule has 1 saturated heterocycles. The van der Waals surface area contributed by atoms with Gasteiger partial charge in [0.15, 0.2) is 0 Å². The van der Waals surface area contributed by atoms with E-state index >= 15 is 0 Å². The number of nitrogens with zero attached hydrogens (tertiary/aromatic N) is 4. The zero-order chi connectivity index (χ0) is 17.6. The second-order valence-corrected chi connectivity index (χ2v) is 6.50. The van der Waals surface area contributed by atoms with Crippen LogP contribution in [0.15, 0.2) is 29.2 Å². The first-order chi connectivity index (χ1) is 12.1. The monoisotopic (exact) mass is 360 g/mol. The second kappa shape index (κ2) is 6.07. The molecule has 0 unspecified atom stereocenters. The van der Waals surface area contributed by atoms with E-state index in [9.17, 15) is 9.59 Å². The summed E-state index contributed by atoms with van der Waals surface area (Å²) in [6, 6.07) is 5.93. The van der Waals surface area contributed by atoms with E-state index in [-0.39, 0.29) is 16.7 Å². The van der Waals surface area contributed by atoms with Crippen LogP contribution in [0.1, 0.15) is 11.1 Å². The third-order valence-electron chi connectivity index (χ3n) is 4.69. The van der Waals surface area contributed by atoms with E-state index in [2.05, 4.69) is 5.10 Å². The fourth-order valence-electron chi connectivity index (χ4n) is 3.38. The molecule has 130 valence electrons. The molecule has 0 spiro atoms. The average molecular weight is 361 g/mol. The highest BCUT2D eigenvalue weighted by Crippen LogP contribution is 2.33. The first kappa shape index (κ1) is 16.0. The molecule has 2 aliphatic rings. The van der Waals surface area contributed by atoms with E-state index < -0.39 is 0 Å². The van der Waals surface area contributed by atoms with Gasteiger partial charge in [-0.25, -0.2) is 9.48 Å². The summed E-state index contributed by atoms with van der Waals surface area (Å²) in [6.45, 7) is 2.30. The van der Waals surface area contributed by atoms with Gasteiger partial charge in [-0.2, -0.15) is 5.10 Å². The molecule has 1 aromatic carbocycles. The Morgan fingerprint density at radius 3 is 2.80 bits per heavy atom. The van der Waals surface area contributed by atoms with Crippen LogP contribution in [0.3, 0.4) is 0 Å². The van der Waals surface area contributed by atoms with Gasteiger partial charge in [0.2, 0.25) is 0 Å². The zero-order valence-electron chi connectivity index (χ0n) is 13.7. The third-order valence-corrected chi connectivity index (χ3v) is 5.05. The van der Waals surface area contributed by atoms with Crippen molar-refractivity contribution < 1.29 is 9.53 Å². The Morgan fingerprint density at radius 2 is 2.04 bits per heavy atom. The van der Waals surface area contributed by atoms with Crippen LogP contribution in [0.2, 0.25) is 5.02 Å². The number of fused-ring (bicyclic) bond motifs is 1. The molecule has 1 amide bonds. The summed E-state index contributed by atoms with van der Waals surface area (Å²) in [5.74, 6) is 0. The molecule has 25 heavy (non-hydrogen) atoms. The van der Waals surface area contributed by atoms with Crippen LogP contribution in [-0.2, 0) is 24.8 Å². The van der Waals surface area contributed by atoms with Crippen molar-refractivity contribution in [2.24, 2.45) is 7.05 Å². The molecule has 0 atom stereocenters. The predicted octanol–water partition coefficient (Wildman–Crippen LogP) is 1.95. The van der Waals surface area contributed by atoms with Gasteiger partial charge >= 0.3 is 6.09 Å². The second-order valence-electron chi connectivity index (χ2n) is 6.12. The fraction of sp³-hybridized carbons (Fsp3) is 0.353. The molecule has 2 aromatic rings. The van der Waals surface area contributed by atoms with Crippen LogP contribution in [0.5, 0.6) is 0 Å². The van der Waals surface area contributed by atoms with Crippen LogP contribution in [0, 0.1) is 0 Å². The summed E-state index contributed by atoms with van der Waals surface area (Å²) >= 11 is 6.23. The predicted molar refractivity (Wildman–Crippen MR) is 94.4 cm³/mol. The molecule has 3 heterocycles. The summed E-state index contributed by atoms with van der Waals surface area (Å²) in [4.78, 5) is 27.6. The van der Waals surface area contributed by atoms with E-state index in [0.717, 1.165) is 23.2 Å². The number of benzene rings is 1. The van der Waals surface area contributed by atoms with Gasteiger partial charge in [-0.1, -0.05) is 23.7 Å². The maximum atomic E-state index is 12.0. The Balaban J connectivity index is 1.68. The Labute approximate surface area is 149 Å². The van der Waals surface area contributed by atoms with Crippen molar-refractivity contribution in [3.63, 3.8) is 0 Å². The molecule has 1 fully saturated rings. The minimum atomic E-state index is -0.307. The summed E-state index contributed by atoms with van der Waals surface area (Å²) < 4.78 is 6.28. The van der Waals surface area contributed by atoms with E-state index in [4.69, 9.17) is 16.3 Å². The van der Waals surface area contributed by atoms with Gasteiger partial charge in [0.25, 0.3) is 5.56 Å². The van der Waals surface area contributed by atoms with E-state index in [0.29, 0.717) is 31.9 Å². The minimum Gasteiger partial charge on any atom is -0.447 e. The van der Waals surface area contributed by atoms with Gasteiger partial charge in [-0.3, -0.25) is 9.69 Å². The van der Waals surface area contributed by atoms with Crippen LogP contribution < -0.4 is 15.4 Å². The van der Waals surface area contributed by atoms with Crippen molar-refractivity contribution in [2.45, 2.75) is 13.0 Å². The Hall–Kier alpha value is -2.54. The maximum absolute atomic E-state index is 12.0. The lowest BCUT2D eigenvalue weighted by Crippen LogP contribution is -2.34. The fourth-order valence-corrected chi connectivity index (χ4v) is 3.67. The normalized spacial score (nSPS) is 16.8. The van der Waals surface area contributed by atoms with Crippen LogP contribution >= 0.6 is 11.6 Å². The van der Waals surface area contributed by atoms with Gasteiger partial charge in [0.1, 0.15) is 11.6 Å².